The van der Waals surface area contributed by atoms with Gasteiger partial charge < -0.3 is 10.2 Å². The molecule has 2 aromatic rings. The van der Waals surface area contributed by atoms with Crippen LogP contribution in [-0.2, 0) is 26.2 Å². The van der Waals surface area contributed by atoms with E-state index in [-0.39, 0.29) is 24.2 Å². The van der Waals surface area contributed by atoms with Crippen LogP contribution in [-0.4, -0.2) is 50.0 Å². The predicted molar refractivity (Wildman–Crippen MR) is 128 cm³/mol. The Kier molecular flexibility index (Phi) is 8.69. The molecule has 0 unspecified atom stereocenters. The highest BCUT2D eigenvalue weighted by Crippen LogP contribution is 2.22. The summed E-state index contributed by atoms with van der Waals surface area (Å²) in [6, 6.07) is 13.0. The van der Waals surface area contributed by atoms with Gasteiger partial charge in [0.2, 0.25) is 21.8 Å². The number of sulfonamides is 1. The van der Waals surface area contributed by atoms with Crippen molar-refractivity contribution in [1.29, 1.82) is 0 Å². The van der Waals surface area contributed by atoms with Gasteiger partial charge in [0.25, 0.3) is 0 Å². The smallest absolute Gasteiger partial charge is 0.244 e. The van der Waals surface area contributed by atoms with E-state index in [2.05, 4.69) is 5.32 Å². The fraction of sp³-hybridized carbons (Fsp3) is 0.391. The Labute approximate surface area is 195 Å². The van der Waals surface area contributed by atoms with E-state index < -0.39 is 28.5 Å². The first kappa shape index (κ1) is 25.7. The number of nitrogens with zero attached hydrogens (tertiary/aromatic N) is 2. The summed E-state index contributed by atoms with van der Waals surface area (Å²) in [4.78, 5) is 27.4. The molecule has 0 aromatic heterocycles. The zero-order chi connectivity index (χ0) is 24.1. The van der Waals surface area contributed by atoms with E-state index >= 15 is 0 Å². The van der Waals surface area contributed by atoms with Crippen LogP contribution in [0.4, 0.5) is 5.69 Å². The summed E-state index contributed by atoms with van der Waals surface area (Å²) in [5.41, 5.74) is 2.19. The molecule has 0 bridgehead atoms. The first-order chi connectivity index (χ1) is 14.9. The van der Waals surface area contributed by atoms with E-state index in [1.165, 1.54) is 11.0 Å². The van der Waals surface area contributed by atoms with Crippen molar-refractivity contribution in [1.82, 2.24) is 10.2 Å². The van der Waals surface area contributed by atoms with Gasteiger partial charge in [0.05, 0.1) is 11.9 Å². The van der Waals surface area contributed by atoms with Crippen molar-refractivity contribution in [3.05, 3.63) is 64.7 Å². The van der Waals surface area contributed by atoms with Crippen molar-refractivity contribution in [3.63, 3.8) is 0 Å². The van der Waals surface area contributed by atoms with Crippen LogP contribution in [0, 0.1) is 6.92 Å². The maximum Gasteiger partial charge on any atom is 0.244 e. The van der Waals surface area contributed by atoms with Gasteiger partial charge in [-0.05, 0) is 51.5 Å². The third kappa shape index (κ3) is 7.24. The standard InChI is InChI=1S/C23H30ClN3O4S/c1-16(2)25-23(29)18(4)26(14-19-11-9-17(3)10-12-19)22(28)15-27(32(5,30)31)21-8-6-7-20(24)13-21/h6-13,16,18H,14-15H2,1-5H3,(H,25,29)/t18-/m0/s1. The van der Waals surface area contributed by atoms with Crippen molar-refractivity contribution in [3.8, 4) is 0 Å². The lowest BCUT2D eigenvalue weighted by atomic mass is 10.1. The SMILES string of the molecule is Cc1ccc(CN(C(=O)CN(c2cccc(Cl)c2)S(C)(=O)=O)[C@@H](C)C(=O)NC(C)C)cc1. The summed E-state index contributed by atoms with van der Waals surface area (Å²) in [5, 5.41) is 3.17. The molecule has 174 valence electrons. The number of amides is 2. The highest BCUT2D eigenvalue weighted by atomic mass is 35.5. The summed E-state index contributed by atoms with van der Waals surface area (Å²) in [6.07, 6.45) is 1.03. The molecule has 2 aromatic carbocycles. The molecular weight excluding hydrogens is 450 g/mol. The normalized spacial score (nSPS) is 12.3. The van der Waals surface area contributed by atoms with Crippen molar-refractivity contribution in [2.24, 2.45) is 0 Å². The maximum absolute atomic E-state index is 13.4. The number of aryl methyl sites for hydroxylation is 1. The first-order valence-electron chi connectivity index (χ1n) is 10.3. The molecule has 0 radical (unpaired) electrons. The quantitative estimate of drug-likeness (QED) is 0.597. The molecule has 2 rings (SSSR count). The molecular formula is C23H30ClN3O4S. The Morgan fingerprint density at radius 3 is 2.22 bits per heavy atom. The van der Waals surface area contributed by atoms with Crippen LogP contribution in [0.5, 0.6) is 0 Å². The Hall–Kier alpha value is -2.58. The predicted octanol–water partition coefficient (Wildman–Crippen LogP) is 3.36. The van der Waals surface area contributed by atoms with Gasteiger partial charge in [-0.15, -0.1) is 0 Å². The van der Waals surface area contributed by atoms with Crippen molar-refractivity contribution >= 4 is 39.1 Å². The fourth-order valence-electron chi connectivity index (χ4n) is 3.12. The van der Waals surface area contributed by atoms with Gasteiger partial charge in [-0.2, -0.15) is 0 Å². The number of nitrogens with one attached hydrogen (secondary N) is 1. The lowest BCUT2D eigenvalue weighted by Gasteiger charge is -2.32. The zero-order valence-corrected chi connectivity index (χ0v) is 20.6. The molecule has 7 nitrogen and oxygen atoms in total. The van der Waals surface area contributed by atoms with E-state index in [1.54, 1.807) is 25.1 Å². The van der Waals surface area contributed by atoms with Crippen LogP contribution in [0.1, 0.15) is 31.9 Å². The van der Waals surface area contributed by atoms with Crippen LogP contribution in [0.2, 0.25) is 5.02 Å². The number of anilines is 1. The van der Waals surface area contributed by atoms with Crippen LogP contribution in [0.25, 0.3) is 0 Å². The van der Waals surface area contributed by atoms with Crippen LogP contribution >= 0.6 is 11.6 Å². The molecule has 1 atom stereocenters. The van der Waals surface area contributed by atoms with Gasteiger partial charge in [-0.1, -0.05) is 47.5 Å². The number of carbonyl (C=O) groups excluding carboxylic acids is 2. The van der Waals surface area contributed by atoms with E-state index in [4.69, 9.17) is 11.6 Å². The van der Waals surface area contributed by atoms with Crippen molar-refractivity contribution in [2.75, 3.05) is 17.1 Å². The summed E-state index contributed by atoms with van der Waals surface area (Å²) >= 11 is 6.03. The number of carbonyl (C=O) groups is 2. The molecule has 1 N–H and O–H groups in total. The minimum absolute atomic E-state index is 0.0970. The third-order valence-corrected chi connectivity index (χ3v) is 6.22. The Bertz CT molecular complexity index is 1060. The first-order valence-corrected chi connectivity index (χ1v) is 12.5. The zero-order valence-electron chi connectivity index (χ0n) is 19.0. The van der Waals surface area contributed by atoms with Gasteiger partial charge in [-0.25, -0.2) is 8.42 Å². The second kappa shape index (κ2) is 10.8. The minimum Gasteiger partial charge on any atom is -0.352 e. The Morgan fingerprint density at radius 2 is 1.69 bits per heavy atom. The lowest BCUT2D eigenvalue weighted by Crippen LogP contribution is -2.52. The fourth-order valence-corrected chi connectivity index (χ4v) is 4.15. The van der Waals surface area contributed by atoms with E-state index in [0.29, 0.717) is 5.02 Å². The molecule has 2 amide bonds. The number of hydrogen-bond acceptors (Lipinski definition) is 4. The average Bonchev–Trinajstić information content (AvgIpc) is 2.69. The van der Waals surface area contributed by atoms with Crippen LogP contribution in [0.15, 0.2) is 48.5 Å². The molecule has 0 spiro atoms. The average molecular weight is 480 g/mol. The molecule has 0 aliphatic carbocycles. The van der Waals surface area contributed by atoms with Gasteiger partial charge >= 0.3 is 0 Å². The van der Waals surface area contributed by atoms with Crippen LogP contribution < -0.4 is 9.62 Å². The second-order valence-electron chi connectivity index (χ2n) is 8.10. The molecule has 0 saturated carbocycles. The van der Waals surface area contributed by atoms with E-state index in [1.807, 2.05) is 45.0 Å². The molecule has 0 fully saturated rings. The topological polar surface area (TPSA) is 86.8 Å². The molecule has 32 heavy (non-hydrogen) atoms. The monoisotopic (exact) mass is 479 g/mol. The van der Waals surface area contributed by atoms with E-state index in [0.717, 1.165) is 21.7 Å². The third-order valence-electron chi connectivity index (χ3n) is 4.85. The number of rotatable bonds is 9. The Morgan fingerprint density at radius 1 is 1.06 bits per heavy atom. The van der Waals surface area contributed by atoms with Gasteiger partial charge in [-0.3, -0.25) is 13.9 Å². The second-order valence-corrected chi connectivity index (χ2v) is 10.4. The maximum atomic E-state index is 13.4. The summed E-state index contributed by atoms with van der Waals surface area (Å²) in [6.45, 7) is 6.97. The van der Waals surface area contributed by atoms with Crippen molar-refractivity contribution in [2.45, 2.75) is 46.3 Å². The molecule has 9 heteroatoms. The lowest BCUT2D eigenvalue weighted by molar-refractivity contribution is -0.139. The largest absolute Gasteiger partial charge is 0.352 e. The van der Waals surface area contributed by atoms with E-state index in [9.17, 15) is 18.0 Å². The number of halogens is 1. The number of hydrogen-bond donors (Lipinski definition) is 1. The van der Waals surface area contributed by atoms with Gasteiger partial charge in [0, 0.05) is 17.6 Å². The summed E-state index contributed by atoms with van der Waals surface area (Å²) < 4.78 is 26.0. The molecule has 0 saturated heterocycles. The molecule has 0 heterocycles. The minimum atomic E-state index is -3.78. The van der Waals surface area contributed by atoms with Gasteiger partial charge in [0.1, 0.15) is 12.6 Å². The van der Waals surface area contributed by atoms with Crippen LogP contribution in [0.3, 0.4) is 0 Å². The summed E-state index contributed by atoms with van der Waals surface area (Å²) in [7, 11) is -3.78. The van der Waals surface area contributed by atoms with Crippen molar-refractivity contribution < 1.29 is 18.0 Å². The summed E-state index contributed by atoms with van der Waals surface area (Å²) in [5.74, 6) is -0.809. The number of benzene rings is 2. The Balaban J connectivity index is 2.38. The molecule has 0 aliphatic rings. The highest BCUT2D eigenvalue weighted by molar-refractivity contribution is 7.92. The van der Waals surface area contributed by atoms with Gasteiger partial charge in [0.15, 0.2) is 0 Å². The highest BCUT2D eigenvalue weighted by Gasteiger charge is 2.30. The molecule has 0 aliphatic heterocycles.